The molecule has 0 aliphatic rings. The summed E-state index contributed by atoms with van der Waals surface area (Å²) in [5.41, 5.74) is 4.40. The van der Waals surface area contributed by atoms with Crippen LogP contribution in [0.1, 0.15) is 27.0 Å². The molecule has 1 amide bonds. The van der Waals surface area contributed by atoms with Crippen LogP contribution in [-0.4, -0.2) is 39.1 Å². The summed E-state index contributed by atoms with van der Waals surface area (Å²) >= 11 is 0. The van der Waals surface area contributed by atoms with Crippen molar-refractivity contribution in [3.63, 3.8) is 0 Å². The highest BCUT2D eigenvalue weighted by molar-refractivity contribution is 6.05. The molecule has 2 aromatic carbocycles. The number of nitrogens with one attached hydrogen (secondary N) is 1. The fourth-order valence-electron chi connectivity index (χ4n) is 2.73. The third-order valence-corrected chi connectivity index (χ3v) is 4.01. The van der Waals surface area contributed by atoms with Crippen LogP contribution >= 0.6 is 0 Å². The molecule has 0 radical (unpaired) electrons. The normalized spacial score (nSPS) is 10.7. The summed E-state index contributed by atoms with van der Waals surface area (Å²) in [5.74, 6) is 1.06. The van der Waals surface area contributed by atoms with Crippen LogP contribution in [0.3, 0.4) is 0 Å². The van der Waals surface area contributed by atoms with Gasteiger partial charge in [0.2, 0.25) is 0 Å². The molecule has 0 atom stereocenters. The van der Waals surface area contributed by atoms with E-state index in [9.17, 15) is 4.79 Å². The molecule has 5 heteroatoms. The molecule has 134 valence electrons. The molecule has 0 aliphatic heterocycles. The Morgan fingerprint density at radius 3 is 2.16 bits per heavy atom. The summed E-state index contributed by atoms with van der Waals surface area (Å²) in [6.45, 7) is 4.69. The average Bonchev–Trinajstić information content (AvgIpc) is 2.56. The first-order valence-corrected chi connectivity index (χ1v) is 8.14. The zero-order chi connectivity index (χ0) is 18.6. The van der Waals surface area contributed by atoms with Crippen molar-refractivity contribution >= 4 is 11.6 Å². The lowest BCUT2D eigenvalue weighted by molar-refractivity contribution is 0.102. The molecule has 2 rings (SSSR count). The number of anilines is 1. The second-order valence-electron chi connectivity index (χ2n) is 6.36. The third-order valence-electron chi connectivity index (χ3n) is 4.01. The lowest BCUT2D eigenvalue weighted by atomic mass is 10.1. The third kappa shape index (κ3) is 4.51. The van der Waals surface area contributed by atoms with Gasteiger partial charge in [-0.1, -0.05) is 17.7 Å². The predicted molar refractivity (Wildman–Crippen MR) is 101 cm³/mol. The number of benzene rings is 2. The molecular weight excluding hydrogens is 316 g/mol. The molecule has 25 heavy (non-hydrogen) atoms. The maximum absolute atomic E-state index is 12.7. The summed E-state index contributed by atoms with van der Waals surface area (Å²) in [6, 6.07) is 9.48. The highest BCUT2D eigenvalue weighted by Crippen LogP contribution is 2.30. The molecule has 0 unspecified atom stereocenters. The molecule has 0 fully saturated rings. The van der Waals surface area contributed by atoms with Gasteiger partial charge in [0.15, 0.2) is 0 Å². The summed E-state index contributed by atoms with van der Waals surface area (Å²) in [6.07, 6.45) is 0. The van der Waals surface area contributed by atoms with Crippen LogP contribution in [0, 0.1) is 13.8 Å². The molecule has 0 saturated heterocycles. The smallest absolute Gasteiger partial charge is 0.255 e. The Morgan fingerprint density at radius 1 is 1.04 bits per heavy atom. The number of rotatable bonds is 6. The maximum atomic E-state index is 12.7. The van der Waals surface area contributed by atoms with Gasteiger partial charge in [0.1, 0.15) is 11.5 Å². The van der Waals surface area contributed by atoms with E-state index in [2.05, 4.69) is 16.3 Å². The van der Waals surface area contributed by atoms with Gasteiger partial charge in [0, 0.05) is 23.4 Å². The van der Waals surface area contributed by atoms with Crippen molar-refractivity contribution in [2.24, 2.45) is 0 Å². The van der Waals surface area contributed by atoms with Gasteiger partial charge >= 0.3 is 0 Å². The number of carbonyl (C=O) groups excluding carboxylic acids is 1. The minimum atomic E-state index is -0.194. The second-order valence-corrected chi connectivity index (χ2v) is 6.36. The van der Waals surface area contributed by atoms with E-state index in [1.807, 2.05) is 40.1 Å². The van der Waals surface area contributed by atoms with Gasteiger partial charge in [0.25, 0.3) is 5.91 Å². The van der Waals surface area contributed by atoms with Gasteiger partial charge in [-0.05, 0) is 51.7 Å². The van der Waals surface area contributed by atoms with Gasteiger partial charge in [-0.25, -0.2) is 0 Å². The fourth-order valence-corrected chi connectivity index (χ4v) is 2.73. The molecule has 0 saturated carbocycles. The van der Waals surface area contributed by atoms with Crippen molar-refractivity contribution in [2.45, 2.75) is 20.4 Å². The van der Waals surface area contributed by atoms with Crippen LogP contribution in [0.15, 0.2) is 30.3 Å². The zero-order valence-electron chi connectivity index (χ0n) is 15.8. The van der Waals surface area contributed by atoms with Crippen LogP contribution in [0.25, 0.3) is 0 Å². The Kier molecular flexibility index (Phi) is 6.04. The molecule has 0 aliphatic carbocycles. The lowest BCUT2D eigenvalue weighted by Gasteiger charge is -2.17. The largest absolute Gasteiger partial charge is 0.496 e. The van der Waals surface area contributed by atoms with E-state index in [1.54, 1.807) is 26.4 Å². The van der Waals surface area contributed by atoms with Gasteiger partial charge < -0.3 is 19.7 Å². The number of ether oxygens (including phenoxy) is 2. The Balaban J connectivity index is 2.34. The van der Waals surface area contributed by atoms with E-state index in [0.29, 0.717) is 17.1 Å². The maximum Gasteiger partial charge on any atom is 0.255 e. The summed E-state index contributed by atoms with van der Waals surface area (Å²) < 4.78 is 10.7. The molecule has 0 bridgehead atoms. The van der Waals surface area contributed by atoms with Crippen LogP contribution in [0.2, 0.25) is 0 Å². The van der Waals surface area contributed by atoms with Gasteiger partial charge in [-0.15, -0.1) is 0 Å². The van der Waals surface area contributed by atoms with Crippen LogP contribution in [-0.2, 0) is 6.54 Å². The minimum Gasteiger partial charge on any atom is -0.496 e. The number of amides is 1. The first-order chi connectivity index (χ1) is 11.8. The highest BCUT2D eigenvalue weighted by atomic mass is 16.5. The van der Waals surface area contributed by atoms with Crippen LogP contribution < -0.4 is 14.8 Å². The lowest BCUT2D eigenvalue weighted by Crippen LogP contribution is -2.17. The molecule has 0 heterocycles. The number of hydrogen-bond donors (Lipinski definition) is 1. The van der Waals surface area contributed by atoms with E-state index in [0.717, 1.165) is 28.9 Å². The molecular formula is C20H26N2O3. The SMILES string of the molecule is COc1cc(C(=O)Nc2ccc(C)cc2CN(C)C)cc(OC)c1C. The van der Waals surface area contributed by atoms with Crippen molar-refractivity contribution in [1.29, 1.82) is 0 Å². The van der Waals surface area contributed by atoms with Gasteiger partial charge in [-0.3, -0.25) is 4.79 Å². The van der Waals surface area contributed by atoms with E-state index < -0.39 is 0 Å². The first kappa shape index (κ1) is 18.8. The number of methoxy groups -OCH3 is 2. The Labute approximate surface area is 149 Å². The van der Waals surface area contributed by atoms with Gasteiger partial charge in [0.05, 0.1) is 14.2 Å². The van der Waals surface area contributed by atoms with Crippen molar-refractivity contribution in [1.82, 2.24) is 4.90 Å². The number of nitrogens with zero attached hydrogens (tertiary/aromatic N) is 1. The van der Waals surface area contributed by atoms with Crippen LogP contribution in [0.5, 0.6) is 11.5 Å². The zero-order valence-corrected chi connectivity index (χ0v) is 15.8. The summed E-state index contributed by atoms with van der Waals surface area (Å²) in [7, 11) is 7.17. The quantitative estimate of drug-likeness (QED) is 0.871. The number of carbonyl (C=O) groups is 1. The molecule has 0 spiro atoms. The van der Waals surface area contributed by atoms with E-state index >= 15 is 0 Å². The Bertz CT molecular complexity index is 745. The van der Waals surface area contributed by atoms with Crippen molar-refractivity contribution in [2.75, 3.05) is 33.6 Å². The monoisotopic (exact) mass is 342 g/mol. The predicted octanol–water partition coefficient (Wildman–Crippen LogP) is 3.63. The fraction of sp³-hybridized carbons (Fsp3) is 0.350. The topological polar surface area (TPSA) is 50.8 Å². The summed E-state index contributed by atoms with van der Waals surface area (Å²) in [4.78, 5) is 14.8. The van der Waals surface area contributed by atoms with E-state index in [1.165, 1.54) is 0 Å². The molecule has 5 nitrogen and oxygen atoms in total. The van der Waals surface area contributed by atoms with E-state index in [4.69, 9.17) is 9.47 Å². The first-order valence-electron chi connectivity index (χ1n) is 8.14. The van der Waals surface area contributed by atoms with Crippen LogP contribution in [0.4, 0.5) is 5.69 Å². The Morgan fingerprint density at radius 2 is 1.64 bits per heavy atom. The van der Waals surface area contributed by atoms with Crippen molar-refractivity contribution < 1.29 is 14.3 Å². The van der Waals surface area contributed by atoms with E-state index in [-0.39, 0.29) is 5.91 Å². The molecule has 0 aromatic heterocycles. The standard InChI is InChI=1S/C20H26N2O3/c1-13-7-8-17(16(9-13)12-22(3)4)21-20(23)15-10-18(24-5)14(2)19(11-15)25-6/h7-11H,12H2,1-6H3,(H,21,23). The second kappa shape index (κ2) is 8.03. The Hall–Kier alpha value is -2.53. The minimum absolute atomic E-state index is 0.194. The molecule has 2 aromatic rings. The van der Waals surface area contributed by atoms with Crippen molar-refractivity contribution in [3.05, 3.63) is 52.6 Å². The number of aryl methyl sites for hydroxylation is 1. The summed E-state index contributed by atoms with van der Waals surface area (Å²) in [5, 5.41) is 3.00. The average molecular weight is 342 g/mol. The highest BCUT2D eigenvalue weighted by Gasteiger charge is 2.15. The molecule has 1 N–H and O–H groups in total. The number of hydrogen-bond acceptors (Lipinski definition) is 4. The van der Waals surface area contributed by atoms with Crippen molar-refractivity contribution in [3.8, 4) is 11.5 Å². The van der Waals surface area contributed by atoms with Gasteiger partial charge in [-0.2, -0.15) is 0 Å².